The molecule has 2 rings (SSSR count). The number of carbonyl (C=O) groups is 1. The molecule has 0 bridgehead atoms. The molecule has 2 atom stereocenters. The first-order chi connectivity index (χ1) is 7.74. The van der Waals surface area contributed by atoms with Crippen LogP contribution in [0.1, 0.15) is 64.7 Å². The zero-order valence-electron chi connectivity index (χ0n) is 10.5. The molecule has 2 unspecified atom stereocenters. The largest absolute Gasteiger partial charge is 0.374 e. The van der Waals surface area contributed by atoms with E-state index in [1.807, 2.05) is 0 Å². The number of Topliss-reactive ketones (excluding diaryl/α,β-unsaturated/α-hetero) is 1. The highest BCUT2D eigenvalue weighted by molar-refractivity contribution is 5.80. The van der Waals surface area contributed by atoms with E-state index in [1.54, 1.807) is 0 Å². The van der Waals surface area contributed by atoms with Crippen molar-refractivity contribution in [2.75, 3.05) is 6.61 Å². The summed E-state index contributed by atoms with van der Waals surface area (Å²) < 4.78 is 5.96. The minimum absolute atomic E-state index is 0.0577. The fourth-order valence-electron chi connectivity index (χ4n) is 3.35. The van der Waals surface area contributed by atoms with Gasteiger partial charge < -0.3 is 4.74 Å². The maximum atomic E-state index is 11.6. The van der Waals surface area contributed by atoms with Gasteiger partial charge in [-0.05, 0) is 25.2 Å². The van der Waals surface area contributed by atoms with Crippen LogP contribution in [0.3, 0.4) is 0 Å². The van der Waals surface area contributed by atoms with E-state index in [0.29, 0.717) is 25.2 Å². The molecule has 1 saturated heterocycles. The Balaban J connectivity index is 1.93. The SMILES string of the molecule is CCCC1CCCC2(CC1)CC(=O)CCO2. The first-order valence-electron chi connectivity index (χ1n) is 6.90. The van der Waals surface area contributed by atoms with Crippen molar-refractivity contribution in [1.29, 1.82) is 0 Å². The second-order valence-corrected chi connectivity index (χ2v) is 5.58. The quantitative estimate of drug-likeness (QED) is 0.717. The van der Waals surface area contributed by atoms with Crippen molar-refractivity contribution in [2.24, 2.45) is 5.92 Å². The molecule has 0 amide bonds. The van der Waals surface area contributed by atoms with Gasteiger partial charge in [-0.25, -0.2) is 0 Å². The molecule has 1 aliphatic carbocycles. The highest BCUT2D eigenvalue weighted by Crippen LogP contribution is 2.39. The van der Waals surface area contributed by atoms with Gasteiger partial charge in [-0.2, -0.15) is 0 Å². The molecule has 16 heavy (non-hydrogen) atoms. The van der Waals surface area contributed by atoms with Gasteiger partial charge in [-0.1, -0.05) is 32.6 Å². The summed E-state index contributed by atoms with van der Waals surface area (Å²) >= 11 is 0. The van der Waals surface area contributed by atoms with E-state index < -0.39 is 0 Å². The molecule has 1 spiro atoms. The van der Waals surface area contributed by atoms with E-state index in [9.17, 15) is 4.79 Å². The van der Waals surface area contributed by atoms with Gasteiger partial charge in [0.25, 0.3) is 0 Å². The maximum Gasteiger partial charge on any atom is 0.138 e. The Morgan fingerprint density at radius 3 is 3.00 bits per heavy atom. The minimum Gasteiger partial charge on any atom is -0.374 e. The fraction of sp³-hybridized carbons (Fsp3) is 0.929. The lowest BCUT2D eigenvalue weighted by Crippen LogP contribution is -2.39. The zero-order chi connectivity index (χ0) is 11.4. The summed E-state index contributed by atoms with van der Waals surface area (Å²) in [6.45, 7) is 2.93. The smallest absolute Gasteiger partial charge is 0.138 e. The van der Waals surface area contributed by atoms with Crippen LogP contribution in [0.4, 0.5) is 0 Å². The summed E-state index contributed by atoms with van der Waals surface area (Å²) in [4.78, 5) is 11.6. The summed E-state index contributed by atoms with van der Waals surface area (Å²) in [7, 11) is 0. The van der Waals surface area contributed by atoms with Crippen LogP contribution in [0.2, 0.25) is 0 Å². The van der Waals surface area contributed by atoms with E-state index in [0.717, 1.165) is 18.8 Å². The Kier molecular flexibility index (Phi) is 4.01. The number of ketones is 1. The van der Waals surface area contributed by atoms with Crippen LogP contribution in [-0.2, 0) is 9.53 Å². The van der Waals surface area contributed by atoms with Crippen LogP contribution in [0.25, 0.3) is 0 Å². The third-order valence-electron chi connectivity index (χ3n) is 4.26. The molecule has 0 radical (unpaired) electrons. The Bertz CT molecular complexity index is 249. The summed E-state index contributed by atoms with van der Waals surface area (Å²) in [5.74, 6) is 1.30. The molecule has 2 nitrogen and oxygen atoms in total. The summed E-state index contributed by atoms with van der Waals surface area (Å²) in [6.07, 6.45) is 10.0. The number of rotatable bonds is 2. The van der Waals surface area contributed by atoms with Crippen LogP contribution in [0.15, 0.2) is 0 Å². The third-order valence-corrected chi connectivity index (χ3v) is 4.26. The Labute approximate surface area is 98.7 Å². The predicted octanol–water partition coefficient (Wildman–Crippen LogP) is 3.49. The van der Waals surface area contributed by atoms with E-state index in [2.05, 4.69) is 6.92 Å². The lowest BCUT2D eigenvalue weighted by atomic mass is 9.85. The van der Waals surface area contributed by atoms with Gasteiger partial charge in [-0.3, -0.25) is 4.79 Å². The van der Waals surface area contributed by atoms with Crippen LogP contribution >= 0.6 is 0 Å². The minimum atomic E-state index is -0.0577. The molecule has 1 aliphatic heterocycles. The second-order valence-electron chi connectivity index (χ2n) is 5.58. The topological polar surface area (TPSA) is 26.3 Å². The average Bonchev–Trinajstić information content (AvgIpc) is 2.43. The van der Waals surface area contributed by atoms with Crippen LogP contribution in [0, 0.1) is 5.92 Å². The van der Waals surface area contributed by atoms with Gasteiger partial charge in [0.15, 0.2) is 0 Å². The summed E-state index contributed by atoms with van der Waals surface area (Å²) in [5.41, 5.74) is -0.0577. The van der Waals surface area contributed by atoms with Gasteiger partial charge >= 0.3 is 0 Å². The molecular weight excluding hydrogens is 200 g/mol. The molecule has 1 heterocycles. The fourth-order valence-corrected chi connectivity index (χ4v) is 3.35. The molecule has 0 aromatic rings. The molecule has 0 N–H and O–H groups in total. The summed E-state index contributed by atoms with van der Waals surface area (Å²) in [6, 6.07) is 0. The standard InChI is InChI=1S/C14H24O2/c1-2-4-12-5-3-8-14(9-6-12)11-13(15)7-10-16-14/h12H,2-11H2,1H3. The highest BCUT2D eigenvalue weighted by Gasteiger charge is 2.38. The third kappa shape index (κ3) is 2.85. The van der Waals surface area contributed by atoms with Gasteiger partial charge in [0.05, 0.1) is 12.2 Å². The van der Waals surface area contributed by atoms with Gasteiger partial charge in [0.2, 0.25) is 0 Å². The molecule has 1 saturated carbocycles. The average molecular weight is 224 g/mol. The van der Waals surface area contributed by atoms with Crippen molar-refractivity contribution in [3.63, 3.8) is 0 Å². The Hall–Kier alpha value is -0.370. The van der Waals surface area contributed by atoms with Gasteiger partial charge in [0.1, 0.15) is 5.78 Å². The van der Waals surface area contributed by atoms with E-state index in [4.69, 9.17) is 4.74 Å². The van der Waals surface area contributed by atoms with Crippen LogP contribution in [-0.4, -0.2) is 18.0 Å². The van der Waals surface area contributed by atoms with Crippen molar-refractivity contribution in [1.82, 2.24) is 0 Å². The molecule has 2 heteroatoms. The molecular formula is C14H24O2. The van der Waals surface area contributed by atoms with Crippen LogP contribution in [0.5, 0.6) is 0 Å². The number of ether oxygens (including phenoxy) is 1. The van der Waals surface area contributed by atoms with Crippen molar-refractivity contribution < 1.29 is 9.53 Å². The normalized spacial score (nSPS) is 36.3. The summed E-state index contributed by atoms with van der Waals surface area (Å²) in [5, 5.41) is 0. The zero-order valence-corrected chi connectivity index (χ0v) is 10.5. The van der Waals surface area contributed by atoms with Gasteiger partial charge in [0, 0.05) is 12.8 Å². The predicted molar refractivity (Wildman–Crippen MR) is 64.4 cm³/mol. The van der Waals surface area contributed by atoms with Gasteiger partial charge in [-0.15, -0.1) is 0 Å². The Morgan fingerprint density at radius 1 is 1.38 bits per heavy atom. The second kappa shape index (κ2) is 5.31. The molecule has 0 aromatic heterocycles. The number of hydrogen-bond acceptors (Lipinski definition) is 2. The van der Waals surface area contributed by atoms with E-state index in [1.165, 1.54) is 32.1 Å². The first-order valence-corrected chi connectivity index (χ1v) is 6.90. The van der Waals surface area contributed by atoms with Crippen molar-refractivity contribution in [3.8, 4) is 0 Å². The monoisotopic (exact) mass is 224 g/mol. The van der Waals surface area contributed by atoms with E-state index in [-0.39, 0.29) is 5.60 Å². The van der Waals surface area contributed by atoms with Crippen molar-refractivity contribution in [2.45, 2.75) is 70.3 Å². The molecule has 2 aliphatic rings. The van der Waals surface area contributed by atoms with Crippen molar-refractivity contribution in [3.05, 3.63) is 0 Å². The number of hydrogen-bond donors (Lipinski definition) is 0. The molecule has 2 fully saturated rings. The van der Waals surface area contributed by atoms with E-state index >= 15 is 0 Å². The van der Waals surface area contributed by atoms with Crippen LogP contribution < -0.4 is 0 Å². The molecule has 92 valence electrons. The van der Waals surface area contributed by atoms with Crippen molar-refractivity contribution >= 4 is 5.78 Å². The first kappa shape index (κ1) is 12.1. The lowest BCUT2D eigenvalue weighted by molar-refractivity contribution is -0.142. The maximum absolute atomic E-state index is 11.6. The lowest BCUT2D eigenvalue weighted by Gasteiger charge is -2.36. The highest BCUT2D eigenvalue weighted by atomic mass is 16.5. The Morgan fingerprint density at radius 2 is 2.25 bits per heavy atom. The molecule has 0 aromatic carbocycles. The number of carbonyl (C=O) groups excluding carboxylic acids is 1.